The van der Waals surface area contributed by atoms with Crippen molar-refractivity contribution in [2.45, 2.75) is 18.9 Å². The van der Waals surface area contributed by atoms with Gasteiger partial charge in [0.25, 0.3) is 5.91 Å². The molecule has 190 valence electrons. The van der Waals surface area contributed by atoms with Crippen LogP contribution in [0.3, 0.4) is 0 Å². The smallest absolute Gasteiger partial charge is 0.254 e. The van der Waals surface area contributed by atoms with E-state index in [4.69, 9.17) is 14.2 Å². The summed E-state index contributed by atoms with van der Waals surface area (Å²) in [5, 5.41) is 2.07. The third-order valence-corrected chi connectivity index (χ3v) is 7.29. The zero-order valence-corrected chi connectivity index (χ0v) is 21.5. The molecule has 0 aliphatic carbocycles. The van der Waals surface area contributed by atoms with Crippen molar-refractivity contribution < 1.29 is 23.8 Å². The number of carbonyl (C=O) groups is 2. The van der Waals surface area contributed by atoms with E-state index < -0.39 is 0 Å². The van der Waals surface area contributed by atoms with Crippen LogP contribution < -0.4 is 9.47 Å². The van der Waals surface area contributed by atoms with E-state index in [-0.39, 0.29) is 24.4 Å². The maximum absolute atomic E-state index is 13.7. The van der Waals surface area contributed by atoms with Gasteiger partial charge >= 0.3 is 0 Å². The van der Waals surface area contributed by atoms with Crippen molar-refractivity contribution >= 4 is 23.2 Å². The molecule has 36 heavy (non-hydrogen) atoms. The van der Waals surface area contributed by atoms with Gasteiger partial charge in [0.05, 0.1) is 13.2 Å². The number of ether oxygens (including phenoxy) is 3. The molecule has 4 rings (SSSR count). The molecule has 0 N–H and O–H groups in total. The van der Waals surface area contributed by atoms with Crippen molar-refractivity contribution in [3.8, 4) is 11.5 Å². The minimum absolute atomic E-state index is 0.00408. The fourth-order valence-electron chi connectivity index (χ4n) is 4.39. The highest BCUT2D eigenvalue weighted by Crippen LogP contribution is 2.34. The van der Waals surface area contributed by atoms with Gasteiger partial charge in [-0.25, -0.2) is 0 Å². The van der Waals surface area contributed by atoms with E-state index in [9.17, 15) is 9.59 Å². The van der Waals surface area contributed by atoms with Crippen LogP contribution in [0.15, 0.2) is 66.0 Å². The zero-order chi connectivity index (χ0) is 25.3. The topological polar surface area (TPSA) is 68.3 Å². The number of nitrogens with zero attached hydrogens (tertiary/aromatic N) is 2. The van der Waals surface area contributed by atoms with Crippen LogP contribution in [0, 0.1) is 0 Å². The van der Waals surface area contributed by atoms with Gasteiger partial charge in [0.2, 0.25) is 5.91 Å². The van der Waals surface area contributed by atoms with Gasteiger partial charge in [-0.2, -0.15) is 0 Å². The summed E-state index contributed by atoms with van der Waals surface area (Å²) in [5.41, 5.74) is 1.65. The Morgan fingerprint density at radius 2 is 1.81 bits per heavy atom. The molecule has 1 atom stereocenters. The van der Waals surface area contributed by atoms with Gasteiger partial charge in [0, 0.05) is 37.2 Å². The van der Waals surface area contributed by atoms with E-state index in [2.05, 4.69) is 11.4 Å². The number of benzene rings is 2. The molecule has 0 saturated heterocycles. The minimum atomic E-state index is -0.204. The molecule has 7 nitrogen and oxygen atoms in total. The van der Waals surface area contributed by atoms with Crippen molar-refractivity contribution in [2.24, 2.45) is 0 Å². The summed E-state index contributed by atoms with van der Waals surface area (Å²) in [6.45, 7) is 1.88. The van der Waals surface area contributed by atoms with Crippen LogP contribution in [0.25, 0.3) is 0 Å². The van der Waals surface area contributed by atoms with Crippen LogP contribution in [0.1, 0.15) is 33.3 Å². The highest BCUT2D eigenvalue weighted by atomic mass is 32.1. The molecule has 2 aromatic carbocycles. The number of amides is 2. The number of carbonyl (C=O) groups excluding carboxylic acids is 2. The van der Waals surface area contributed by atoms with Crippen molar-refractivity contribution in [1.29, 1.82) is 0 Å². The number of hydrogen-bond donors (Lipinski definition) is 0. The first-order valence-electron chi connectivity index (χ1n) is 12.1. The second-order valence-electron chi connectivity index (χ2n) is 8.58. The summed E-state index contributed by atoms with van der Waals surface area (Å²) in [5.74, 6) is 1.16. The first kappa shape index (κ1) is 25.7. The molecule has 0 fully saturated rings. The molecule has 1 aliphatic rings. The maximum atomic E-state index is 13.7. The van der Waals surface area contributed by atoms with Crippen LogP contribution in [0.5, 0.6) is 11.5 Å². The number of para-hydroxylation sites is 1. The van der Waals surface area contributed by atoms with Crippen molar-refractivity contribution in [3.63, 3.8) is 0 Å². The summed E-state index contributed by atoms with van der Waals surface area (Å²) < 4.78 is 16.5. The Morgan fingerprint density at radius 1 is 1.03 bits per heavy atom. The fourth-order valence-corrected chi connectivity index (χ4v) is 5.32. The van der Waals surface area contributed by atoms with Crippen molar-refractivity contribution in [3.05, 3.63) is 82.0 Å². The van der Waals surface area contributed by atoms with E-state index >= 15 is 0 Å². The molecule has 3 aromatic rings. The van der Waals surface area contributed by atoms with Gasteiger partial charge in [-0.1, -0.05) is 18.2 Å². The molecule has 2 amide bonds. The van der Waals surface area contributed by atoms with E-state index in [1.54, 1.807) is 54.7 Å². The third kappa shape index (κ3) is 6.25. The van der Waals surface area contributed by atoms with Gasteiger partial charge < -0.3 is 24.0 Å². The third-order valence-electron chi connectivity index (χ3n) is 6.29. The van der Waals surface area contributed by atoms with E-state index in [1.807, 2.05) is 35.2 Å². The van der Waals surface area contributed by atoms with Gasteiger partial charge in [0.1, 0.15) is 24.7 Å². The molecule has 1 aliphatic heterocycles. The van der Waals surface area contributed by atoms with Gasteiger partial charge in [-0.05, 0) is 66.2 Å². The Kier molecular flexibility index (Phi) is 8.97. The molecule has 1 aromatic heterocycles. The Labute approximate surface area is 216 Å². The highest BCUT2D eigenvalue weighted by Gasteiger charge is 2.33. The highest BCUT2D eigenvalue weighted by molar-refractivity contribution is 7.10. The van der Waals surface area contributed by atoms with Crippen LogP contribution in [0.2, 0.25) is 0 Å². The lowest BCUT2D eigenvalue weighted by molar-refractivity contribution is -0.135. The number of hydrogen-bond acceptors (Lipinski definition) is 6. The molecule has 0 spiro atoms. The van der Waals surface area contributed by atoms with Crippen LogP contribution in [-0.4, -0.2) is 68.7 Å². The van der Waals surface area contributed by atoms with Gasteiger partial charge in [0.15, 0.2) is 0 Å². The lowest BCUT2D eigenvalue weighted by Crippen LogP contribution is -2.48. The minimum Gasteiger partial charge on any atom is -0.497 e. The van der Waals surface area contributed by atoms with Crippen LogP contribution in [-0.2, 0) is 16.0 Å². The number of fused-ring (bicyclic) bond motifs is 1. The lowest BCUT2D eigenvalue weighted by atomic mass is 10.0. The summed E-state index contributed by atoms with van der Waals surface area (Å²) >= 11 is 1.71. The Morgan fingerprint density at radius 3 is 2.53 bits per heavy atom. The molecule has 0 saturated carbocycles. The standard InChI is InChI=1S/C28H32N2O5S/c1-33-17-6-15-29(28(32)21-9-11-22(34-2)12-10-21)19-27(31)30-16-13-26-24(14-18-36-26)25(30)20-35-23-7-4-3-5-8-23/h3-5,7-12,14,18,25H,6,13,15-17,19-20H2,1-2H3. The second-order valence-corrected chi connectivity index (χ2v) is 9.58. The fraction of sp³-hybridized carbons (Fsp3) is 0.357. The SMILES string of the molecule is COCCCN(CC(=O)N1CCc2sccc2C1COc1ccccc1)C(=O)c1ccc(OC)cc1. The predicted molar refractivity (Wildman–Crippen MR) is 140 cm³/mol. The first-order valence-corrected chi connectivity index (χ1v) is 12.9. The summed E-state index contributed by atoms with van der Waals surface area (Å²) in [6.07, 6.45) is 1.44. The largest absolute Gasteiger partial charge is 0.497 e. The molecular weight excluding hydrogens is 476 g/mol. The predicted octanol–water partition coefficient (Wildman–Crippen LogP) is 4.44. The van der Waals surface area contributed by atoms with E-state index in [1.165, 1.54) is 4.88 Å². The van der Waals surface area contributed by atoms with Crippen LogP contribution >= 0.6 is 11.3 Å². The van der Waals surface area contributed by atoms with E-state index in [0.717, 1.165) is 17.7 Å². The van der Waals surface area contributed by atoms with Crippen molar-refractivity contribution in [2.75, 3.05) is 47.1 Å². The monoisotopic (exact) mass is 508 g/mol. The first-order chi connectivity index (χ1) is 17.6. The Bertz CT molecular complexity index is 1130. The second kappa shape index (κ2) is 12.6. The van der Waals surface area contributed by atoms with E-state index in [0.29, 0.717) is 44.0 Å². The van der Waals surface area contributed by atoms with Crippen molar-refractivity contribution in [1.82, 2.24) is 9.80 Å². The summed E-state index contributed by atoms with van der Waals surface area (Å²) in [6, 6.07) is 18.5. The maximum Gasteiger partial charge on any atom is 0.254 e. The molecule has 2 heterocycles. The summed E-state index contributed by atoms with van der Waals surface area (Å²) in [4.78, 5) is 31.8. The Balaban J connectivity index is 1.51. The van der Waals surface area contributed by atoms with Crippen LogP contribution in [0.4, 0.5) is 0 Å². The lowest BCUT2D eigenvalue weighted by Gasteiger charge is -2.37. The van der Waals surface area contributed by atoms with Gasteiger partial charge in [-0.3, -0.25) is 9.59 Å². The molecule has 0 bridgehead atoms. The molecular formula is C28H32N2O5S. The molecule has 8 heteroatoms. The molecule has 0 radical (unpaired) electrons. The van der Waals surface area contributed by atoms with Gasteiger partial charge in [-0.15, -0.1) is 11.3 Å². The average Bonchev–Trinajstić information content (AvgIpc) is 3.40. The Hall–Kier alpha value is -3.36. The number of methoxy groups -OCH3 is 2. The zero-order valence-electron chi connectivity index (χ0n) is 20.7. The summed E-state index contributed by atoms with van der Waals surface area (Å²) in [7, 11) is 3.21. The molecule has 1 unspecified atom stereocenters. The quantitative estimate of drug-likeness (QED) is 0.358. The number of rotatable bonds is 11. The normalized spacial score (nSPS) is 14.7. The average molecular weight is 509 g/mol. The number of thiophene rings is 1.